The van der Waals surface area contributed by atoms with E-state index in [0.29, 0.717) is 12.8 Å². The Labute approximate surface area is 154 Å². The Kier molecular flexibility index (Phi) is 5.16. The van der Waals surface area contributed by atoms with E-state index in [9.17, 15) is 10.5 Å². The summed E-state index contributed by atoms with van der Waals surface area (Å²) in [5.74, 6) is -0.249. The molecule has 1 atom stereocenters. The van der Waals surface area contributed by atoms with Crippen LogP contribution in [0.1, 0.15) is 23.5 Å². The minimum absolute atomic E-state index is 0.249. The van der Waals surface area contributed by atoms with Crippen LogP contribution >= 0.6 is 0 Å². The summed E-state index contributed by atoms with van der Waals surface area (Å²) in [7, 11) is 0. The molecule has 0 radical (unpaired) electrons. The van der Waals surface area contributed by atoms with Gasteiger partial charge in [-0.25, -0.2) is 0 Å². The fourth-order valence-corrected chi connectivity index (χ4v) is 3.62. The standard InChI is InChI=1S/C24H20N2/c1-2-9-23(22-15-8-13-20-12-6-7-14-21(20)22)24(17-25,18-26)16-19-10-4-3-5-11-19/h2-8,10-15,23H,1,9,16H2. The smallest absolute Gasteiger partial charge is 0.154 e. The van der Waals surface area contributed by atoms with Gasteiger partial charge in [0, 0.05) is 12.3 Å². The summed E-state index contributed by atoms with van der Waals surface area (Å²) in [4.78, 5) is 0. The first-order valence-corrected chi connectivity index (χ1v) is 8.69. The summed E-state index contributed by atoms with van der Waals surface area (Å²) in [6.45, 7) is 3.88. The molecule has 0 N–H and O–H groups in total. The van der Waals surface area contributed by atoms with Gasteiger partial charge in [0.05, 0.1) is 12.1 Å². The Morgan fingerprint density at radius 1 is 0.885 bits per heavy atom. The second-order valence-corrected chi connectivity index (χ2v) is 6.50. The number of allylic oxidation sites excluding steroid dienone is 1. The van der Waals surface area contributed by atoms with Crippen LogP contribution in [-0.4, -0.2) is 0 Å². The molecule has 0 heterocycles. The molecule has 0 spiro atoms. The van der Waals surface area contributed by atoms with Crippen LogP contribution in [-0.2, 0) is 6.42 Å². The molecule has 0 saturated heterocycles. The highest BCUT2D eigenvalue weighted by atomic mass is 14.5. The van der Waals surface area contributed by atoms with Crippen LogP contribution in [0.3, 0.4) is 0 Å². The quantitative estimate of drug-likeness (QED) is 0.536. The highest BCUT2D eigenvalue weighted by Gasteiger charge is 2.40. The van der Waals surface area contributed by atoms with Crippen molar-refractivity contribution in [2.75, 3.05) is 0 Å². The molecule has 3 rings (SSSR count). The van der Waals surface area contributed by atoms with Crippen LogP contribution in [0.2, 0.25) is 0 Å². The molecule has 0 aliphatic rings. The van der Waals surface area contributed by atoms with E-state index >= 15 is 0 Å². The molecule has 2 nitrogen and oxygen atoms in total. The second-order valence-electron chi connectivity index (χ2n) is 6.50. The van der Waals surface area contributed by atoms with Crippen molar-refractivity contribution in [1.29, 1.82) is 10.5 Å². The van der Waals surface area contributed by atoms with E-state index in [1.165, 1.54) is 0 Å². The lowest BCUT2D eigenvalue weighted by Crippen LogP contribution is -2.28. The van der Waals surface area contributed by atoms with E-state index in [1.54, 1.807) is 6.08 Å². The summed E-state index contributed by atoms with van der Waals surface area (Å²) in [5, 5.41) is 22.3. The minimum atomic E-state index is -1.15. The van der Waals surface area contributed by atoms with Crippen LogP contribution in [0.5, 0.6) is 0 Å². The normalized spacial score (nSPS) is 12.1. The molecule has 0 aromatic heterocycles. The van der Waals surface area contributed by atoms with Crippen LogP contribution in [0.15, 0.2) is 85.5 Å². The molecule has 0 bridgehead atoms. The maximum Gasteiger partial charge on any atom is 0.154 e. The van der Waals surface area contributed by atoms with Crippen molar-refractivity contribution in [1.82, 2.24) is 0 Å². The maximum absolute atomic E-state index is 10.1. The number of nitriles is 2. The summed E-state index contributed by atoms with van der Waals surface area (Å²) >= 11 is 0. The van der Waals surface area contributed by atoms with Crippen LogP contribution in [0, 0.1) is 28.1 Å². The topological polar surface area (TPSA) is 47.6 Å². The van der Waals surface area contributed by atoms with Crippen molar-refractivity contribution in [2.24, 2.45) is 5.41 Å². The zero-order valence-corrected chi connectivity index (χ0v) is 14.6. The van der Waals surface area contributed by atoms with Crippen molar-refractivity contribution in [3.63, 3.8) is 0 Å². The third-order valence-corrected chi connectivity index (χ3v) is 4.92. The zero-order valence-electron chi connectivity index (χ0n) is 14.6. The van der Waals surface area contributed by atoms with Gasteiger partial charge in [0.25, 0.3) is 0 Å². The average molecular weight is 336 g/mol. The first-order chi connectivity index (χ1) is 12.7. The lowest BCUT2D eigenvalue weighted by Gasteiger charge is -2.30. The Bertz CT molecular complexity index is 971. The molecule has 0 amide bonds. The van der Waals surface area contributed by atoms with Crippen molar-refractivity contribution in [3.8, 4) is 12.1 Å². The molecule has 26 heavy (non-hydrogen) atoms. The van der Waals surface area contributed by atoms with E-state index in [4.69, 9.17) is 0 Å². The molecule has 0 aliphatic carbocycles. The number of hydrogen-bond acceptors (Lipinski definition) is 2. The highest BCUT2D eigenvalue weighted by Crippen LogP contribution is 2.43. The van der Waals surface area contributed by atoms with E-state index in [0.717, 1.165) is 21.9 Å². The Morgan fingerprint density at radius 2 is 1.54 bits per heavy atom. The van der Waals surface area contributed by atoms with Crippen LogP contribution in [0.4, 0.5) is 0 Å². The molecule has 126 valence electrons. The third-order valence-electron chi connectivity index (χ3n) is 4.92. The van der Waals surface area contributed by atoms with E-state index in [1.807, 2.05) is 54.6 Å². The molecule has 0 aliphatic heterocycles. The third kappa shape index (κ3) is 3.23. The Hall–Kier alpha value is -3.36. The van der Waals surface area contributed by atoms with Gasteiger partial charge in [-0.05, 0) is 28.3 Å². The molecule has 0 fully saturated rings. The van der Waals surface area contributed by atoms with Gasteiger partial charge >= 0.3 is 0 Å². The minimum Gasteiger partial charge on any atom is -0.197 e. The maximum atomic E-state index is 10.1. The van der Waals surface area contributed by atoms with E-state index in [2.05, 4.69) is 36.9 Å². The number of nitrogens with zero attached hydrogens (tertiary/aromatic N) is 2. The van der Waals surface area contributed by atoms with Crippen molar-refractivity contribution < 1.29 is 0 Å². The molecular weight excluding hydrogens is 316 g/mol. The number of hydrogen-bond donors (Lipinski definition) is 0. The number of benzene rings is 3. The zero-order chi connectivity index (χ0) is 18.4. The SMILES string of the molecule is C=CCC(c1cccc2ccccc12)C(C#N)(C#N)Cc1ccccc1. The Balaban J connectivity index is 2.16. The molecule has 1 unspecified atom stereocenters. The van der Waals surface area contributed by atoms with Gasteiger partial charge in [-0.3, -0.25) is 0 Å². The van der Waals surface area contributed by atoms with Crippen LogP contribution < -0.4 is 0 Å². The lowest BCUT2D eigenvalue weighted by molar-refractivity contribution is 0.410. The fourth-order valence-electron chi connectivity index (χ4n) is 3.62. The predicted octanol–water partition coefficient (Wildman–Crippen LogP) is 5.78. The molecular formula is C24H20N2. The van der Waals surface area contributed by atoms with E-state index < -0.39 is 5.41 Å². The molecule has 0 saturated carbocycles. The number of fused-ring (bicyclic) bond motifs is 1. The summed E-state index contributed by atoms with van der Waals surface area (Å²) in [6, 6.07) is 28.7. The second kappa shape index (κ2) is 7.68. The molecule has 2 heteroatoms. The monoisotopic (exact) mass is 336 g/mol. The first-order valence-electron chi connectivity index (χ1n) is 8.69. The van der Waals surface area contributed by atoms with Gasteiger partial charge in [-0.2, -0.15) is 10.5 Å². The summed E-state index contributed by atoms with van der Waals surface area (Å²) < 4.78 is 0. The predicted molar refractivity (Wildman–Crippen MR) is 105 cm³/mol. The Morgan fingerprint density at radius 3 is 2.23 bits per heavy atom. The fraction of sp³-hybridized carbons (Fsp3) is 0.167. The lowest BCUT2D eigenvalue weighted by atomic mass is 9.68. The largest absolute Gasteiger partial charge is 0.197 e. The van der Waals surface area contributed by atoms with E-state index in [-0.39, 0.29) is 5.92 Å². The highest BCUT2D eigenvalue weighted by molar-refractivity contribution is 5.86. The van der Waals surface area contributed by atoms with Gasteiger partial charge in [0.2, 0.25) is 0 Å². The van der Waals surface area contributed by atoms with Crippen molar-refractivity contribution >= 4 is 10.8 Å². The van der Waals surface area contributed by atoms with Gasteiger partial charge in [0.1, 0.15) is 0 Å². The molecule has 3 aromatic carbocycles. The van der Waals surface area contributed by atoms with Gasteiger partial charge < -0.3 is 0 Å². The average Bonchev–Trinajstić information content (AvgIpc) is 2.71. The summed E-state index contributed by atoms with van der Waals surface area (Å²) in [6.07, 6.45) is 2.77. The van der Waals surface area contributed by atoms with Crippen molar-refractivity contribution in [2.45, 2.75) is 18.8 Å². The summed E-state index contributed by atoms with van der Waals surface area (Å²) in [5.41, 5.74) is 0.867. The van der Waals surface area contributed by atoms with Crippen molar-refractivity contribution in [3.05, 3.63) is 96.6 Å². The van der Waals surface area contributed by atoms with Gasteiger partial charge in [0.15, 0.2) is 5.41 Å². The first kappa shape index (κ1) is 17.5. The van der Waals surface area contributed by atoms with Crippen LogP contribution in [0.25, 0.3) is 10.8 Å². The van der Waals surface area contributed by atoms with Gasteiger partial charge in [-0.15, -0.1) is 6.58 Å². The number of rotatable bonds is 6. The molecule has 3 aromatic rings. The van der Waals surface area contributed by atoms with Gasteiger partial charge in [-0.1, -0.05) is 78.9 Å².